The predicted octanol–water partition coefficient (Wildman–Crippen LogP) is 3.70. The van der Waals surface area contributed by atoms with Gasteiger partial charge in [-0.1, -0.05) is 54.6 Å². The Labute approximate surface area is 116 Å². The minimum Gasteiger partial charge on any atom is -0.486 e. The van der Waals surface area contributed by atoms with Gasteiger partial charge in [0.2, 0.25) is 0 Å². The molecule has 0 radical (unpaired) electrons. The Morgan fingerprint density at radius 3 is 2.55 bits per heavy atom. The Bertz CT molecular complexity index is 769. The second-order valence-corrected chi connectivity index (χ2v) is 4.75. The van der Waals surface area contributed by atoms with E-state index in [9.17, 15) is 0 Å². The molecule has 0 N–H and O–H groups in total. The van der Waals surface area contributed by atoms with E-state index in [-0.39, 0.29) is 0 Å². The number of ether oxygens (including phenoxy) is 1. The zero-order valence-electron chi connectivity index (χ0n) is 10.8. The molecular formula is C17H12N2O. The van der Waals surface area contributed by atoms with Gasteiger partial charge >= 0.3 is 0 Å². The lowest BCUT2D eigenvalue weighted by atomic mass is 10.0. The SMILES string of the molecule is c1ccc(-c2cc3c(nn2)-c2ccccc2CO3)cc1. The van der Waals surface area contributed by atoms with Gasteiger partial charge < -0.3 is 4.74 Å². The Morgan fingerprint density at radius 1 is 0.850 bits per heavy atom. The fraction of sp³-hybridized carbons (Fsp3) is 0.0588. The van der Waals surface area contributed by atoms with Gasteiger partial charge in [0, 0.05) is 17.2 Å². The van der Waals surface area contributed by atoms with E-state index in [0.29, 0.717) is 6.61 Å². The number of hydrogen-bond donors (Lipinski definition) is 0. The van der Waals surface area contributed by atoms with E-state index in [4.69, 9.17) is 4.74 Å². The third kappa shape index (κ3) is 1.75. The molecule has 3 nitrogen and oxygen atoms in total. The molecule has 0 saturated heterocycles. The molecule has 1 aromatic heterocycles. The van der Waals surface area contributed by atoms with Crippen LogP contribution in [0, 0.1) is 0 Å². The summed E-state index contributed by atoms with van der Waals surface area (Å²) in [7, 11) is 0. The van der Waals surface area contributed by atoms with Gasteiger partial charge in [0.15, 0.2) is 0 Å². The molecule has 0 fully saturated rings. The van der Waals surface area contributed by atoms with Crippen LogP contribution >= 0.6 is 0 Å². The number of aromatic nitrogens is 2. The number of rotatable bonds is 1. The van der Waals surface area contributed by atoms with E-state index >= 15 is 0 Å². The maximum absolute atomic E-state index is 5.81. The topological polar surface area (TPSA) is 35.0 Å². The van der Waals surface area contributed by atoms with Crippen LogP contribution in [0.2, 0.25) is 0 Å². The van der Waals surface area contributed by atoms with Crippen LogP contribution in [-0.2, 0) is 6.61 Å². The van der Waals surface area contributed by atoms with Crippen molar-refractivity contribution in [3.05, 3.63) is 66.2 Å². The van der Waals surface area contributed by atoms with Crippen molar-refractivity contribution in [2.75, 3.05) is 0 Å². The van der Waals surface area contributed by atoms with Crippen LogP contribution in [0.4, 0.5) is 0 Å². The van der Waals surface area contributed by atoms with Crippen LogP contribution < -0.4 is 4.74 Å². The summed E-state index contributed by atoms with van der Waals surface area (Å²) in [6, 6.07) is 20.1. The van der Waals surface area contributed by atoms with Crippen LogP contribution in [0.25, 0.3) is 22.5 Å². The lowest BCUT2D eigenvalue weighted by molar-refractivity contribution is 0.300. The van der Waals surface area contributed by atoms with Crippen LogP contribution in [0.1, 0.15) is 5.56 Å². The van der Waals surface area contributed by atoms with Gasteiger partial charge in [0.1, 0.15) is 18.1 Å². The monoisotopic (exact) mass is 260 g/mol. The first-order chi connectivity index (χ1) is 9.92. The largest absolute Gasteiger partial charge is 0.486 e. The fourth-order valence-corrected chi connectivity index (χ4v) is 2.45. The van der Waals surface area contributed by atoms with E-state index in [0.717, 1.165) is 33.8 Å². The molecule has 96 valence electrons. The summed E-state index contributed by atoms with van der Waals surface area (Å²) in [6.45, 7) is 0.586. The number of fused-ring (bicyclic) bond motifs is 3. The summed E-state index contributed by atoms with van der Waals surface area (Å²) in [5, 5.41) is 8.69. The molecular weight excluding hydrogens is 248 g/mol. The molecule has 0 aliphatic carbocycles. The summed E-state index contributed by atoms with van der Waals surface area (Å²) < 4.78 is 5.81. The summed E-state index contributed by atoms with van der Waals surface area (Å²) in [4.78, 5) is 0. The average molecular weight is 260 g/mol. The summed E-state index contributed by atoms with van der Waals surface area (Å²) >= 11 is 0. The van der Waals surface area contributed by atoms with Crippen LogP contribution in [0.5, 0.6) is 5.75 Å². The normalized spacial score (nSPS) is 12.2. The summed E-state index contributed by atoms with van der Waals surface area (Å²) in [5.74, 6) is 0.803. The first-order valence-electron chi connectivity index (χ1n) is 6.56. The van der Waals surface area contributed by atoms with Gasteiger partial charge in [-0.25, -0.2) is 0 Å². The van der Waals surface area contributed by atoms with Crippen LogP contribution in [0.3, 0.4) is 0 Å². The standard InChI is InChI=1S/C17H12N2O/c1-2-6-12(7-3-1)15-10-16-17(19-18-15)14-9-5-4-8-13(14)11-20-16/h1-10H,11H2. The zero-order valence-corrected chi connectivity index (χ0v) is 10.8. The van der Waals surface area contributed by atoms with Crippen LogP contribution in [0.15, 0.2) is 60.7 Å². The third-order valence-corrected chi connectivity index (χ3v) is 3.48. The quantitative estimate of drug-likeness (QED) is 0.669. The minimum absolute atomic E-state index is 0.586. The Balaban J connectivity index is 1.85. The third-order valence-electron chi connectivity index (χ3n) is 3.48. The smallest absolute Gasteiger partial charge is 0.150 e. The lowest BCUT2D eigenvalue weighted by Crippen LogP contribution is -2.07. The summed E-state index contributed by atoms with van der Waals surface area (Å²) in [6.07, 6.45) is 0. The first kappa shape index (κ1) is 11.2. The molecule has 1 aliphatic rings. The van der Waals surface area contributed by atoms with Gasteiger partial charge in [0.25, 0.3) is 0 Å². The Hall–Kier alpha value is -2.68. The number of benzene rings is 2. The molecule has 3 heteroatoms. The van der Waals surface area contributed by atoms with Crippen molar-refractivity contribution in [3.63, 3.8) is 0 Å². The average Bonchev–Trinajstić information content (AvgIpc) is 2.55. The van der Waals surface area contributed by atoms with Crippen molar-refractivity contribution >= 4 is 0 Å². The minimum atomic E-state index is 0.586. The van der Waals surface area contributed by atoms with Crippen molar-refractivity contribution < 1.29 is 4.74 Å². The molecule has 3 aromatic rings. The molecule has 0 spiro atoms. The molecule has 0 bridgehead atoms. The molecule has 1 aliphatic heterocycles. The van der Waals surface area contributed by atoms with Gasteiger partial charge in [-0.2, -0.15) is 0 Å². The van der Waals surface area contributed by atoms with Crippen molar-refractivity contribution in [3.8, 4) is 28.3 Å². The van der Waals surface area contributed by atoms with Crippen LogP contribution in [-0.4, -0.2) is 10.2 Å². The first-order valence-corrected chi connectivity index (χ1v) is 6.56. The van der Waals surface area contributed by atoms with Crippen molar-refractivity contribution in [2.45, 2.75) is 6.61 Å². The second kappa shape index (κ2) is 4.46. The molecule has 2 aromatic carbocycles. The highest BCUT2D eigenvalue weighted by atomic mass is 16.5. The van der Waals surface area contributed by atoms with Crippen molar-refractivity contribution in [1.29, 1.82) is 0 Å². The molecule has 0 atom stereocenters. The van der Waals surface area contributed by atoms with E-state index in [1.54, 1.807) is 0 Å². The maximum atomic E-state index is 5.81. The highest BCUT2D eigenvalue weighted by molar-refractivity contribution is 5.73. The second-order valence-electron chi connectivity index (χ2n) is 4.75. The maximum Gasteiger partial charge on any atom is 0.150 e. The molecule has 2 heterocycles. The Morgan fingerprint density at radius 2 is 1.65 bits per heavy atom. The van der Waals surface area contributed by atoms with E-state index < -0.39 is 0 Å². The highest BCUT2D eigenvalue weighted by Gasteiger charge is 2.19. The lowest BCUT2D eigenvalue weighted by Gasteiger charge is -2.19. The number of nitrogens with zero attached hydrogens (tertiary/aromatic N) is 2. The van der Waals surface area contributed by atoms with Gasteiger partial charge in [-0.3, -0.25) is 0 Å². The van der Waals surface area contributed by atoms with E-state index in [2.05, 4.69) is 22.3 Å². The molecule has 0 saturated carbocycles. The molecule has 0 unspecified atom stereocenters. The molecule has 4 rings (SSSR count). The predicted molar refractivity (Wildman–Crippen MR) is 77.2 cm³/mol. The van der Waals surface area contributed by atoms with Gasteiger partial charge in [-0.05, 0) is 5.56 Å². The highest BCUT2D eigenvalue weighted by Crippen LogP contribution is 2.36. The van der Waals surface area contributed by atoms with Crippen molar-refractivity contribution in [2.24, 2.45) is 0 Å². The van der Waals surface area contributed by atoms with E-state index in [1.807, 2.05) is 48.5 Å². The van der Waals surface area contributed by atoms with Crippen molar-refractivity contribution in [1.82, 2.24) is 10.2 Å². The van der Waals surface area contributed by atoms with E-state index in [1.165, 1.54) is 0 Å². The number of hydrogen-bond acceptors (Lipinski definition) is 3. The summed E-state index contributed by atoms with van der Waals surface area (Å²) in [5.41, 5.74) is 4.98. The Kier molecular flexibility index (Phi) is 2.49. The fourth-order valence-electron chi connectivity index (χ4n) is 2.45. The van der Waals surface area contributed by atoms with Gasteiger partial charge in [0.05, 0.1) is 5.69 Å². The molecule has 20 heavy (non-hydrogen) atoms. The van der Waals surface area contributed by atoms with Gasteiger partial charge in [-0.15, -0.1) is 10.2 Å². The zero-order chi connectivity index (χ0) is 13.4. The molecule has 0 amide bonds.